The molecule has 0 unspecified atom stereocenters. The van der Waals surface area contributed by atoms with Crippen LogP contribution < -0.4 is 19.3 Å². The Morgan fingerprint density at radius 1 is 1.07 bits per heavy atom. The molecule has 0 amide bonds. The summed E-state index contributed by atoms with van der Waals surface area (Å²) in [5.41, 5.74) is 2.07. The first-order valence-corrected chi connectivity index (χ1v) is 10.5. The predicted molar refractivity (Wildman–Crippen MR) is 115 cm³/mol. The second-order valence-electron chi connectivity index (χ2n) is 7.44. The fourth-order valence-corrected chi connectivity index (χ4v) is 3.90. The van der Waals surface area contributed by atoms with E-state index < -0.39 is 0 Å². The molecule has 0 saturated carbocycles. The largest absolute Gasteiger partial charge is 0.497 e. The van der Waals surface area contributed by atoms with Crippen LogP contribution in [0.25, 0.3) is 11.5 Å². The summed E-state index contributed by atoms with van der Waals surface area (Å²) < 4.78 is 17.0. The van der Waals surface area contributed by atoms with Crippen molar-refractivity contribution >= 4 is 5.69 Å². The van der Waals surface area contributed by atoms with Crippen LogP contribution in [0.2, 0.25) is 0 Å². The number of quaternary nitrogens is 1. The lowest BCUT2D eigenvalue weighted by Gasteiger charge is -2.36. The van der Waals surface area contributed by atoms with E-state index in [1.807, 2.05) is 43.3 Å². The van der Waals surface area contributed by atoms with Crippen LogP contribution in [0.5, 0.6) is 11.5 Å². The summed E-state index contributed by atoms with van der Waals surface area (Å²) >= 11 is 0. The zero-order valence-electron chi connectivity index (χ0n) is 17.8. The van der Waals surface area contributed by atoms with Crippen LogP contribution >= 0.6 is 0 Å². The van der Waals surface area contributed by atoms with Crippen molar-refractivity contribution in [2.45, 2.75) is 19.9 Å². The van der Waals surface area contributed by atoms with Gasteiger partial charge in [0.1, 0.15) is 11.5 Å². The lowest BCUT2D eigenvalue weighted by atomic mass is 10.2. The van der Waals surface area contributed by atoms with Crippen LogP contribution in [-0.2, 0) is 0 Å². The van der Waals surface area contributed by atoms with Gasteiger partial charge in [-0.3, -0.25) is 0 Å². The lowest BCUT2D eigenvalue weighted by Crippen LogP contribution is -3.14. The molecule has 30 heavy (non-hydrogen) atoms. The van der Waals surface area contributed by atoms with E-state index in [2.05, 4.69) is 34.2 Å². The molecule has 1 aliphatic heterocycles. The second kappa shape index (κ2) is 9.17. The number of para-hydroxylation sites is 2. The molecule has 2 aromatic carbocycles. The number of hydrogen-bond acceptors (Lipinski definition) is 6. The molecule has 1 atom stereocenters. The third-order valence-corrected chi connectivity index (χ3v) is 5.67. The first-order valence-electron chi connectivity index (χ1n) is 10.5. The van der Waals surface area contributed by atoms with Gasteiger partial charge in [0.25, 0.3) is 5.89 Å². The Labute approximate surface area is 177 Å². The number of nitrogens with zero attached hydrogens (tertiary/aromatic N) is 3. The van der Waals surface area contributed by atoms with Crippen molar-refractivity contribution in [3.05, 3.63) is 54.4 Å². The molecular formula is C23H29N4O3+. The minimum atomic E-state index is 0.147. The van der Waals surface area contributed by atoms with Gasteiger partial charge in [-0.1, -0.05) is 12.1 Å². The highest BCUT2D eigenvalue weighted by atomic mass is 16.5. The molecule has 1 fully saturated rings. The average Bonchev–Trinajstić information content (AvgIpc) is 3.30. The summed E-state index contributed by atoms with van der Waals surface area (Å²) in [6.45, 7) is 8.78. The Morgan fingerprint density at radius 3 is 2.50 bits per heavy atom. The van der Waals surface area contributed by atoms with Gasteiger partial charge in [0.05, 0.1) is 45.6 Å². The molecule has 1 aromatic heterocycles. The summed E-state index contributed by atoms with van der Waals surface area (Å²) in [7, 11) is 1.65. The van der Waals surface area contributed by atoms with Gasteiger partial charge < -0.3 is 23.7 Å². The lowest BCUT2D eigenvalue weighted by molar-refractivity contribution is -0.931. The van der Waals surface area contributed by atoms with Crippen molar-refractivity contribution in [2.24, 2.45) is 0 Å². The van der Waals surface area contributed by atoms with Crippen LogP contribution in [0.15, 0.2) is 52.9 Å². The summed E-state index contributed by atoms with van der Waals surface area (Å²) in [5.74, 6) is 2.99. The van der Waals surface area contributed by atoms with Gasteiger partial charge in [-0.25, -0.2) is 0 Å². The van der Waals surface area contributed by atoms with E-state index in [-0.39, 0.29) is 6.04 Å². The quantitative estimate of drug-likeness (QED) is 0.647. The normalized spacial score (nSPS) is 15.8. The maximum atomic E-state index is 6.00. The first-order chi connectivity index (χ1) is 14.7. The number of aromatic nitrogens is 2. The van der Waals surface area contributed by atoms with E-state index >= 15 is 0 Å². The Kier molecular flexibility index (Phi) is 6.18. The predicted octanol–water partition coefficient (Wildman–Crippen LogP) is 2.61. The maximum absolute atomic E-state index is 6.00. The zero-order valence-corrected chi connectivity index (χ0v) is 17.8. The Hall–Kier alpha value is -3.06. The highest BCUT2D eigenvalue weighted by Gasteiger charge is 2.30. The molecule has 0 aliphatic carbocycles. The van der Waals surface area contributed by atoms with Gasteiger partial charge >= 0.3 is 0 Å². The zero-order chi connectivity index (χ0) is 20.9. The average molecular weight is 410 g/mol. The number of piperazine rings is 1. The van der Waals surface area contributed by atoms with Crippen molar-refractivity contribution in [2.75, 3.05) is 44.8 Å². The molecule has 2 heterocycles. The van der Waals surface area contributed by atoms with E-state index in [0.29, 0.717) is 18.4 Å². The number of hydrogen-bond donors (Lipinski definition) is 1. The smallest absolute Gasteiger partial charge is 0.274 e. The molecule has 7 heteroatoms. The highest BCUT2D eigenvalue weighted by molar-refractivity contribution is 5.58. The summed E-state index contributed by atoms with van der Waals surface area (Å²) in [4.78, 5) is 3.85. The van der Waals surface area contributed by atoms with Gasteiger partial charge in [-0.15, -0.1) is 10.2 Å². The van der Waals surface area contributed by atoms with Crippen molar-refractivity contribution in [3.8, 4) is 23.0 Å². The number of nitrogens with one attached hydrogen (secondary N) is 1. The number of methoxy groups -OCH3 is 1. The van der Waals surface area contributed by atoms with Gasteiger partial charge in [0.2, 0.25) is 5.89 Å². The third kappa shape index (κ3) is 4.26. The number of rotatable bonds is 7. The third-order valence-electron chi connectivity index (χ3n) is 5.67. The molecule has 7 nitrogen and oxygen atoms in total. The minimum Gasteiger partial charge on any atom is -0.497 e. The molecule has 0 bridgehead atoms. The Bertz CT molecular complexity index is 949. The molecule has 0 radical (unpaired) electrons. The highest BCUT2D eigenvalue weighted by Crippen LogP contribution is 2.28. The standard InChI is InChI=1S/C23H28N4O3/c1-4-29-21-8-6-5-7-20(21)27-15-13-26(14-16-27)17(2)22-24-25-23(30-22)18-9-11-19(28-3)12-10-18/h5-12,17H,4,13-16H2,1-3H3/p+1/t17-/m0/s1. The van der Waals surface area contributed by atoms with Crippen LogP contribution in [0, 0.1) is 0 Å². The van der Waals surface area contributed by atoms with E-state index in [0.717, 1.165) is 43.2 Å². The monoisotopic (exact) mass is 409 g/mol. The van der Waals surface area contributed by atoms with Gasteiger partial charge in [0.15, 0.2) is 6.04 Å². The fraction of sp³-hybridized carbons (Fsp3) is 0.391. The SMILES string of the molecule is CCOc1ccccc1N1CC[NH+]([C@@H](C)c2nnc(-c3ccc(OC)cc3)o2)CC1. The van der Waals surface area contributed by atoms with Crippen molar-refractivity contribution in [1.29, 1.82) is 0 Å². The molecule has 158 valence electrons. The summed E-state index contributed by atoms with van der Waals surface area (Å²) in [6.07, 6.45) is 0. The summed E-state index contributed by atoms with van der Waals surface area (Å²) in [5, 5.41) is 8.58. The molecule has 0 spiro atoms. The summed E-state index contributed by atoms with van der Waals surface area (Å²) in [6, 6.07) is 16.1. The van der Waals surface area contributed by atoms with Gasteiger partial charge in [0, 0.05) is 5.56 Å². The van der Waals surface area contributed by atoms with Crippen molar-refractivity contribution in [3.63, 3.8) is 0 Å². The van der Waals surface area contributed by atoms with Crippen molar-refractivity contribution in [1.82, 2.24) is 10.2 Å². The van der Waals surface area contributed by atoms with E-state index in [1.165, 1.54) is 10.6 Å². The van der Waals surface area contributed by atoms with Gasteiger partial charge in [-0.2, -0.15) is 0 Å². The molecule has 3 aromatic rings. The van der Waals surface area contributed by atoms with E-state index in [9.17, 15) is 0 Å². The van der Waals surface area contributed by atoms with Gasteiger partial charge in [-0.05, 0) is 50.2 Å². The topological polar surface area (TPSA) is 65.1 Å². The maximum Gasteiger partial charge on any atom is 0.274 e. The Balaban J connectivity index is 1.40. The van der Waals surface area contributed by atoms with Crippen molar-refractivity contribution < 1.29 is 18.8 Å². The number of benzene rings is 2. The number of ether oxygens (including phenoxy) is 2. The van der Waals surface area contributed by atoms with Crippen LogP contribution in [-0.4, -0.2) is 50.1 Å². The number of anilines is 1. The fourth-order valence-electron chi connectivity index (χ4n) is 3.90. The van der Waals surface area contributed by atoms with Crippen LogP contribution in [0.3, 0.4) is 0 Å². The second-order valence-corrected chi connectivity index (χ2v) is 7.44. The molecule has 1 aliphatic rings. The van der Waals surface area contributed by atoms with E-state index in [1.54, 1.807) is 7.11 Å². The minimum absolute atomic E-state index is 0.147. The van der Waals surface area contributed by atoms with Crippen LogP contribution in [0.1, 0.15) is 25.8 Å². The first kappa shape index (κ1) is 20.2. The molecule has 4 rings (SSSR count). The van der Waals surface area contributed by atoms with E-state index in [4.69, 9.17) is 13.9 Å². The molecule has 1 N–H and O–H groups in total. The molecule has 1 saturated heterocycles. The molecular weight excluding hydrogens is 380 g/mol. The Morgan fingerprint density at radius 2 is 1.80 bits per heavy atom. The van der Waals surface area contributed by atoms with Crippen LogP contribution in [0.4, 0.5) is 5.69 Å².